The molecule has 0 bridgehead atoms. The Hall–Kier alpha value is 0.556. The van der Waals surface area contributed by atoms with Gasteiger partial charge in [-0.3, -0.25) is 0 Å². The van der Waals surface area contributed by atoms with Crippen LogP contribution < -0.4 is 0 Å². The molecule has 0 aliphatic carbocycles. The van der Waals surface area contributed by atoms with Gasteiger partial charge in [0.05, 0.1) is 6.20 Å². The Morgan fingerprint density at radius 2 is 2.25 bits per heavy atom. The van der Waals surface area contributed by atoms with Crippen LogP contribution in [0, 0.1) is 6.39 Å². The van der Waals surface area contributed by atoms with Crippen LogP contribution in [0.2, 0.25) is 0 Å². The summed E-state index contributed by atoms with van der Waals surface area (Å²) in [4.78, 5) is 3.43. The van der Waals surface area contributed by atoms with Gasteiger partial charge in [0.1, 0.15) is 6.26 Å². The van der Waals surface area contributed by atoms with Gasteiger partial charge in [-0.1, -0.05) is 0 Å². The fourth-order valence-corrected chi connectivity index (χ4v) is 0.152. The zero-order valence-electron chi connectivity index (χ0n) is 3.97. The van der Waals surface area contributed by atoms with Crippen LogP contribution in [0.25, 0.3) is 0 Å². The maximum absolute atomic E-state index is 4.90. The van der Waals surface area contributed by atoms with Crippen LogP contribution in [0.5, 0.6) is 0 Å². The molecule has 0 aromatic carbocycles. The van der Waals surface area contributed by atoms with Crippen LogP contribution in [0.3, 0.4) is 0 Å². The molecule has 1 radical (unpaired) electrons. The average molecular weight is 163 g/mol. The quantitative estimate of drug-likeness (QED) is 0.541. The van der Waals surface area contributed by atoms with Gasteiger partial charge in [-0.15, -0.1) is 0 Å². The molecule has 0 N–H and O–H groups in total. The van der Waals surface area contributed by atoms with E-state index in [-0.39, 0.29) is 0 Å². The third kappa shape index (κ3) is 6.56. The van der Waals surface area contributed by atoms with Crippen LogP contribution >= 0.6 is 18.1 Å². The van der Waals surface area contributed by atoms with Gasteiger partial charge in [0.15, 0.2) is 0 Å². The number of aromatic nitrogens is 1. The van der Waals surface area contributed by atoms with E-state index in [4.69, 9.17) is 18.1 Å². The first-order valence-corrected chi connectivity index (χ1v) is 6.07. The number of oxazole rings is 1. The average Bonchev–Trinajstić information content (AvgIpc) is 2.17. The first-order chi connectivity index (χ1) is 3.91. The van der Waals surface area contributed by atoms with E-state index in [1.807, 2.05) is 0 Å². The van der Waals surface area contributed by atoms with Crippen molar-refractivity contribution in [2.24, 2.45) is 0 Å². The lowest BCUT2D eigenvalue weighted by molar-refractivity contribution is 0.548. The van der Waals surface area contributed by atoms with Gasteiger partial charge in [0.25, 0.3) is 6.39 Å². The fraction of sp³-hybridized carbons (Fsp3) is 0. The van der Waals surface area contributed by atoms with Gasteiger partial charge in [0, 0.05) is 0 Å². The fourth-order valence-electron chi connectivity index (χ4n) is 0.152. The molecular weight excluding hydrogens is 161 g/mol. The van der Waals surface area contributed by atoms with Crippen molar-refractivity contribution < 1.29 is 4.42 Å². The van der Waals surface area contributed by atoms with Crippen molar-refractivity contribution in [1.29, 1.82) is 0 Å². The molecule has 0 aliphatic heterocycles. The van der Waals surface area contributed by atoms with E-state index in [1.165, 1.54) is 12.5 Å². The number of nitrogens with zero attached hydrogens (tertiary/aromatic N) is 1. The van der Waals surface area contributed by atoms with Crippen molar-refractivity contribution >= 4 is 36.3 Å². The Kier molecular flexibility index (Phi) is 8.08. The van der Waals surface area contributed by atoms with E-state index >= 15 is 0 Å². The van der Waals surface area contributed by atoms with E-state index in [1.54, 1.807) is 0 Å². The molecule has 0 aliphatic rings. The summed E-state index contributed by atoms with van der Waals surface area (Å²) in [7, 11) is 9.81. The van der Waals surface area contributed by atoms with Crippen LogP contribution in [-0.2, 0) is 0 Å². The van der Waals surface area contributed by atoms with Gasteiger partial charge in [-0.05, 0) is 0 Å². The largest absolute Gasteiger partial charge is 0.618 e. The third-order valence-corrected chi connectivity index (χ3v) is 0.309. The Bertz CT molecular complexity index is 84.2. The van der Waals surface area contributed by atoms with E-state index < -0.39 is 18.2 Å². The smallest absolute Gasteiger partial charge is 0.441 e. The highest BCUT2D eigenvalue weighted by atomic mass is 35.6. The molecule has 2 nitrogen and oxygen atoms in total. The molecule has 0 unspecified atom stereocenters. The molecular formula is C3H2Cl2MgNO. The molecule has 0 fully saturated rings. The summed E-state index contributed by atoms with van der Waals surface area (Å²) in [5.74, 6) is 0. The maximum atomic E-state index is 4.90. The maximum Gasteiger partial charge on any atom is 0.618 e. The molecule has 5 heteroatoms. The first-order valence-electron chi connectivity index (χ1n) is 1.79. The van der Waals surface area contributed by atoms with Crippen LogP contribution in [0.4, 0.5) is 0 Å². The molecule has 1 aromatic heterocycles. The highest BCUT2D eigenvalue weighted by molar-refractivity contribution is 7.22. The monoisotopic (exact) mass is 162 g/mol. The zero-order valence-corrected chi connectivity index (χ0v) is 6.90. The number of rotatable bonds is 0. The standard InChI is InChI=1S/C3H2NO.2ClH.Mg/c1-2-5-3-4-1;;;/h1-2H;2*1H;/q;;;+2/p-2. The minimum absolute atomic E-state index is 0.639. The van der Waals surface area contributed by atoms with Crippen molar-refractivity contribution in [3.63, 3.8) is 0 Å². The molecule has 1 aromatic rings. The van der Waals surface area contributed by atoms with E-state index in [0.717, 1.165) is 0 Å². The number of hydrogen-bond acceptors (Lipinski definition) is 2. The van der Waals surface area contributed by atoms with E-state index in [2.05, 4.69) is 15.8 Å². The lowest BCUT2D eigenvalue weighted by Crippen LogP contribution is -1.40. The minimum Gasteiger partial charge on any atom is -0.441 e. The second-order valence-electron chi connectivity index (χ2n) is 0.724. The topological polar surface area (TPSA) is 26.0 Å². The van der Waals surface area contributed by atoms with Crippen molar-refractivity contribution in [1.82, 2.24) is 4.98 Å². The molecule has 0 saturated carbocycles. The molecule has 1 rings (SSSR count). The van der Waals surface area contributed by atoms with Crippen LogP contribution in [0.15, 0.2) is 16.9 Å². The summed E-state index contributed by atoms with van der Waals surface area (Å²) >= 11 is -0.639. The van der Waals surface area contributed by atoms with Crippen molar-refractivity contribution in [2.45, 2.75) is 0 Å². The summed E-state index contributed by atoms with van der Waals surface area (Å²) in [5, 5.41) is 0. The Morgan fingerprint density at radius 1 is 1.62 bits per heavy atom. The van der Waals surface area contributed by atoms with Crippen LogP contribution in [0.1, 0.15) is 0 Å². The van der Waals surface area contributed by atoms with Crippen molar-refractivity contribution in [3.8, 4) is 0 Å². The molecule has 1 heterocycles. The molecule has 0 atom stereocenters. The molecule has 0 amide bonds. The van der Waals surface area contributed by atoms with Crippen molar-refractivity contribution in [3.05, 3.63) is 18.9 Å². The highest BCUT2D eigenvalue weighted by Crippen LogP contribution is 1.70. The molecule has 8 heavy (non-hydrogen) atoms. The van der Waals surface area contributed by atoms with Gasteiger partial charge >= 0.3 is 18.2 Å². The van der Waals surface area contributed by atoms with Gasteiger partial charge in [-0.25, -0.2) is 4.98 Å². The normalized spacial score (nSPS) is 6.25. The summed E-state index contributed by atoms with van der Waals surface area (Å²) in [6.07, 6.45) is 5.22. The van der Waals surface area contributed by atoms with Crippen LogP contribution in [-0.4, -0.2) is 23.1 Å². The highest BCUT2D eigenvalue weighted by Gasteiger charge is 1.64. The Labute approximate surface area is 64.5 Å². The molecule has 0 spiro atoms. The predicted molar refractivity (Wildman–Crippen MR) is 32.8 cm³/mol. The van der Waals surface area contributed by atoms with Crippen molar-refractivity contribution in [2.75, 3.05) is 0 Å². The number of halogens is 2. The Morgan fingerprint density at radius 3 is 2.38 bits per heavy atom. The SMILES string of the molecule is [Cl][Mg][Cl].[c]1ncco1. The summed E-state index contributed by atoms with van der Waals surface area (Å²) in [5.41, 5.74) is 0. The molecule has 0 saturated heterocycles. The second-order valence-corrected chi connectivity index (χ2v) is 3.35. The number of hydrogen-bond donors (Lipinski definition) is 0. The van der Waals surface area contributed by atoms with Gasteiger partial charge in [-0.2, -0.15) is 0 Å². The first kappa shape index (κ1) is 8.56. The zero-order chi connectivity index (χ0) is 6.24. The van der Waals surface area contributed by atoms with E-state index in [9.17, 15) is 0 Å². The summed E-state index contributed by atoms with van der Waals surface area (Å²) in [6, 6.07) is 0. The summed E-state index contributed by atoms with van der Waals surface area (Å²) < 4.78 is 4.35. The molecule has 41 valence electrons. The lowest BCUT2D eigenvalue weighted by atomic mass is 11.0. The lowest BCUT2D eigenvalue weighted by Gasteiger charge is -1.44. The van der Waals surface area contributed by atoms with Gasteiger partial charge in [0.2, 0.25) is 0 Å². The summed E-state index contributed by atoms with van der Waals surface area (Å²) in [6.45, 7) is 0. The van der Waals surface area contributed by atoms with E-state index in [0.29, 0.717) is 0 Å². The third-order valence-electron chi connectivity index (χ3n) is 0.309. The second kappa shape index (κ2) is 7.56. The Balaban J connectivity index is 0.000000145. The van der Waals surface area contributed by atoms with Gasteiger partial charge < -0.3 is 22.6 Å². The predicted octanol–water partition coefficient (Wildman–Crippen LogP) is 1.47. The minimum atomic E-state index is -0.639.